The maximum Gasteiger partial charge on any atom is 0.236 e. The summed E-state index contributed by atoms with van der Waals surface area (Å²) in [6, 6.07) is 7.99. The second-order valence-electron chi connectivity index (χ2n) is 4.87. The molecule has 3 nitrogen and oxygen atoms in total. The molecule has 3 heteroatoms. The molecule has 0 bridgehead atoms. The highest BCUT2D eigenvalue weighted by atomic mass is 16.2. The molecule has 1 unspecified atom stereocenters. The molecule has 1 aromatic rings. The molecule has 0 N–H and O–H groups in total. The molecule has 1 aliphatic heterocycles. The molecule has 0 aromatic heterocycles. The molecule has 1 fully saturated rings. The van der Waals surface area contributed by atoms with Gasteiger partial charge in [0.15, 0.2) is 0 Å². The highest BCUT2D eigenvalue weighted by Crippen LogP contribution is 2.30. The van der Waals surface area contributed by atoms with Crippen molar-refractivity contribution in [3.05, 3.63) is 35.4 Å². The molecule has 0 aliphatic carbocycles. The van der Waals surface area contributed by atoms with E-state index < -0.39 is 0 Å². The van der Waals surface area contributed by atoms with Gasteiger partial charge in [0.25, 0.3) is 0 Å². The third kappa shape index (κ3) is 2.09. The van der Waals surface area contributed by atoms with Gasteiger partial charge in [0.1, 0.15) is 0 Å². The van der Waals surface area contributed by atoms with Gasteiger partial charge in [-0.15, -0.1) is 0 Å². The zero-order chi connectivity index (χ0) is 12.6. The van der Waals surface area contributed by atoms with Gasteiger partial charge in [-0.1, -0.05) is 38.1 Å². The minimum Gasteiger partial charge on any atom is -0.285 e. The third-order valence-electron chi connectivity index (χ3n) is 3.36. The van der Waals surface area contributed by atoms with Crippen LogP contribution in [0.5, 0.6) is 0 Å². The minimum absolute atomic E-state index is 0.0871. The molecule has 1 heterocycles. The Hall–Kier alpha value is -1.64. The van der Waals surface area contributed by atoms with E-state index in [4.69, 9.17) is 0 Å². The van der Waals surface area contributed by atoms with Crippen LogP contribution in [-0.2, 0) is 9.59 Å². The quantitative estimate of drug-likeness (QED) is 0.732. The van der Waals surface area contributed by atoms with E-state index in [-0.39, 0.29) is 17.7 Å². The summed E-state index contributed by atoms with van der Waals surface area (Å²) in [5, 5.41) is 0. The number of nitrogens with zero attached hydrogens (tertiary/aromatic N) is 1. The minimum atomic E-state index is -0.286. The zero-order valence-electron chi connectivity index (χ0n) is 10.4. The van der Waals surface area contributed by atoms with Crippen LogP contribution in [0.4, 0.5) is 0 Å². The summed E-state index contributed by atoms with van der Waals surface area (Å²) >= 11 is 0. The SMILES string of the molecule is CC(C)c1cccc(C2CC(=O)N(C)C2=O)c1. The molecule has 2 rings (SSSR count). The second kappa shape index (κ2) is 4.32. The van der Waals surface area contributed by atoms with E-state index in [1.54, 1.807) is 7.05 Å². The number of imide groups is 1. The van der Waals surface area contributed by atoms with Crippen molar-refractivity contribution in [2.45, 2.75) is 32.1 Å². The van der Waals surface area contributed by atoms with E-state index in [1.807, 2.05) is 18.2 Å². The molecular weight excluding hydrogens is 214 g/mol. The number of amides is 2. The first kappa shape index (κ1) is 11.8. The molecule has 17 heavy (non-hydrogen) atoms. The number of hydrogen-bond acceptors (Lipinski definition) is 2. The molecule has 0 saturated carbocycles. The lowest BCUT2D eigenvalue weighted by atomic mass is 9.93. The molecule has 90 valence electrons. The number of likely N-dealkylation sites (N-methyl/N-ethyl adjacent to an activating group) is 1. The highest BCUT2D eigenvalue weighted by Gasteiger charge is 2.36. The molecule has 0 radical (unpaired) electrons. The Kier molecular flexibility index (Phi) is 3.01. The number of benzene rings is 1. The lowest BCUT2D eigenvalue weighted by Crippen LogP contribution is -2.25. The standard InChI is InChI=1S/C14H17NO2/c1-9(2)10-5-4-6-11(7-10)12-8-13(16)15(3)14(12)17/h4-7,9,12H,8H2,1-3H3. The molecule has 0 spiro atoms. The third-order valence-corrected chi connectivity index (χ3v) is 3.36. The number of carbonyl (C=O) groups excluding carboxylic acids is 2. The van der Waals surface area contributed by atoms with E-state index in [2.05, 4.69) is 19.9 Å². The predicted octanol–water partition coefficient (Wildman–Crippen LogP) is 2.28. The Morgan fingerprint density at radius 1 is 1.29 bits per heavy atom. The predicted molar refractivity (Wildman–Crippen MR) is 65.7 cm³/mol. The smallest absolute Gasteiger partial charge is 0.236 e. The number of hydrogen-bond donors (Lipinski definition) is 0. The van der Waals surface area contributed by atoms with Gasteiger partial charge in [-0.25, -0.2) is 0 Å². The summed E-state index contributed by atoms with van der Waals surface area (Å²) in [4.78, 5) is 24.6. The summed E-state index contributed by atoms with van der Waals surface area (Å²) in [5.41, 5.74) is 2.16. The number of carbonyl (C=O) groups is 2. The van der Waals surface area contributed by atoms with Crippen LogP contribution in [0.3, 0.4) is 0 Å². The second-order valence-corrected chi connectivity index (χ2v) is 4.87. The average Bonchev–Trinajstić information content (AvgIpc) is 2.57. The van der Waals surface area contributed by atoms with Crippen LogP contribution >= 0.6 is 0 Å². The topological polar surface area (TPSA) is 37.4 Å². The fourth-order valence-corrected chi connectivity index (χ4v) is 2.15. The summed E-state index contributed by atoms with van der Waals surface area (Å²) in [7, 11) is 1.55. The zero-order valence-corrected chi connectivity index (χ0v) is 10.4. The Morgan fingerprint density at radius 3 is 2.53 bits per heavy atom. The lowest BCUT2D eigenvalue weighted by Gasteiger charge is -2.12. The van der Waals surface area contributed by atoms with Gasteiger partial charge in [-0.3, -0.25) is 14.5 Å². The van der Waals surface area contributed by atoms with Crippen LogP contribution < -0.4 is 0 Å². The first-order chi connectivity index (χ1) is 8.00. The van der Waals surface area contributed by atoms with Crippen molar-refractivity contribution in [3.63, 3.8) is 0 Å². The van der Waals surface area contributed by atoms with E-state index in [0.29, 0.717) is 12.3 Å². The monoisotopic (exact) mass is 231 g/mol. The van der Waals surface area contributed by atoms with Gasteiger partial charge < -0.3 is 0 Å². The molecule has 1 aliphatic rings. The van der Waals surface area contributed by atoms with Gasteiger partial charge in [0.2, 0.25) is 11.8 Å². The van der Waals surface area contributed by atoms with Crippen molar-refractivity contribution in [3.8, 4) is 0 Å². The normalized spacial score (nSPS) is 20.5. The molecule has 1 atom stereocenters. The van der Waals surface area contributed by atoms with Crippen LogP contribution in [0, 0.1) is 0 Å². The Morgan fingerprint density at radius 2 is 2.00 bits per heavy atom. The first-order valence-corrected chi connectivity index (χ1v) is 5.91. The van der Waals surface area contributed by atoms with Crippen LogP contribution in [0.2, 0.25) is 0 Å². The van der Waals surface area contributed by atoms with Crippen molar-refractivity contribution in [1.29, 1.82) is 0 Å². The van der Waals surface area contributed by atoms with Crippen molar-refractivity contribution in [2.24, 2.45) is 0 Å². The summed E-state index contributed by atoms with van der Waals surface area (Å²) in [5.74, 6) is -0.0306. The fourth-order valence-electron chi connectivity index (χ4n) is 2.15. The fraction of sp³-hybridized carbons (Fsp3) is 0.429. The summed E-state index contributed by atoms with van der Waals surface area (Å²) in [6.07, 6.45) is 0.302. The van der Waals surface area contributed by atoms with E-state index in [0.717, 1.165) is 5.56 Å². The summed E-state index contributed by atoms with van der Waals surface area (Å²) < 4.78 is 0. The van der Waals surface area contributed by atoms with Crippen molar-refractivity contribution in [2.75, 3.05) is 7.05 Å². The largest absolute Gasteiger partial charge is 0.285 e. The van der Waals surface area contributed by atoms with Gasteiger partial charge in [-0.2, -0.15) is 0 Å². The van der Waals surface area contributed by atoms with Crippen LogP contribution in [0.1, 0.15) is 43.2 Å². The van der Waals surface area contributed by atoms with E-state index in [9.17, 15) is 9.59 Å². The molecular formula is C14H17NO2. The molecule has 1 saturated heterocycles. The molecule has 1 aromatic carbocycles. The van der Waals surface area contributed by atoms with Crippen LogP contribution in [0.25, 0.3) is 0 Å². The lowest BCUT2D eigenvalue weighted by molar-refractivity contribution is -0.137. The Bertz CT molecular complexity index is 465. The highest BCUT2D eigenvalue weighted by molar-refractivity contribution is 6.05. The first-order valence-electron chi connectivity index (χ1n) is 5.91. The van der Waals surface area contributed by atoms with Gasteiger partial charge in [0.05, 0.1) is 5.92 Å². The number of likely N-dealkylation sites (tertiary alicyclic amines) is 1. The molecule has 2 amide bonds. The summed E-state index contributed by atoms with van der Waals surface area (Å²) in [6.45, 7) is 4.24. The van der Waals surface area contributed by atoms with E-state index in [1.165, 1.54) is 10.5 Å². The van der Waals surface area contributed by atoms with Crippen LogP contribution in [-0.4, -0.2) is 23.8 Å². The van der Waals surface area contributed by atoms with E-state index >= 15 is 0 Å². The maximum absolute atomic E-state index is 11.9. The van der Waals surface area contributed by atoms with Gasteiger partial charge in [0, 0.05) is 13.5 Å². The average molecular weight is 231 g/mol. The van der Waals surface area contributed by atoms with Crippen molar-refractivity contribution >= 4 is 11.8 Å². The van der Waals surface area contributed by atoms with Crippen LogP contribution in [0.15, 0.2) is 24.3 Å². The van der Waals surface area contributed by atoms with Gasteiger partial charge in [-0.05, 0) is 17.0 Å². The van der Waals surface area contributed by atoms with Crippen molar-refractivity contribution < 1.29 is 9.59 Å². The maximum atomic E-state index is 11.9. The van der Waals surface area contributed by atoms with Gasteiger partial charge >= 0.3 is 0 Å². The van der Waals surface area contributed by atoms with Crippen molar-refractivity contribution in [1.82, 2.24) is 4.90 Å². The number of rotatable bonds is 2. The Labute approximate surface area is 101 Å². The Balaban J connectivity index is 2.32.